The molecule has 4 rings (SSSR count). The highest BCUT2D eigenvalue weighted by Gasteiger charge is 2.37. The zero-order valence-electron chi connectivity index (χ0n) is 19.3. The molecule has 1 fully saturated rings. The second kappa shape index (κ2) is 8.74. The number of carbonyl (C=O) groups is 1. The van der Waals surface area contributed by atoms with Crippen LogP contribution in [0.5, 0.6) is 5.75 Å². The lowest BCUT2D eigenvalue weighted by molar-refractivity contribution is -0.153. The standard InChI is InChI=1S/C25H30N4O3/c1-17-7-6-8-21(11-17)32-25(3,4)24(30)29-9-10-31-23(16-29)22-13-19(12-18(2)27-22)20-14-26-28(5)15-20/h6-8,11-15,23H,9-10,16H2,1-5H3/t23-/m1/s1. The summed E-state index contributed by atoms with van der Waals surface area (Å²) < 4.78 is 13.9. The topological polar surface area (TPSA) is 69.5 Å². The van der Waals surface area contributed by atoms with Gasteiger partial charge in [0.05, 0.1) is 25.0 Å². The Labute approximate surface area is 189 Å². The summed E-state index contributed by atoms with van der Waals surface area (Å²) in [5.74, 6) is 0.627. The molecule has 7 heteroatoms. The fourth-order valence-corrected chi connectivity index (χ4v) is 4.01. The van der Waals surface area contributed by atoms with Gasteiger partial charge in [0.2, 0.25) is 0 Å². The molecule has 3 heterocycles. The van der Waals surface area contributed by atoms with Crippen molar-refractivity contribution in [2.45, 2.75) is 39.4 Å². The number of ether oxygens (including phenoxy) is 2. The van der Waals surface area contributed by atoms with Crippen molar-refractivity contribution in [3.05, 3.63) is 65.7 Å². The Hall–Kier alpha value is -3.19. The third kappa shape index (κ3) is 4.83. The number of carbonyl (C=O) groups excluding carboxylic acids is 1. The van der Waals surface area contributed by atoms with Gasteiger partial charge < -0.3 is 14.4 Å². The molecule has 1 aliphatic heterocycles. The molecule has 0 unspecified atom stereocenters. The number of hydrogen-bond donors (Lipinski definition) is 0. The van der Waals surface area contributed by atoms with Gasteiger partial charge >= 0.3 is 0 Å². The highest BCUT2D eigenvalue weighted by Crippen LogP contribution is 2.28. The second-order valence-electron chi connectivity index (χ2n) is 8.86. The minimum absolute atomic E-state index is 0.0626. The van der Waals surface area contributed by atoms with Crippen molar-refractivity contribution >= 4 is 5.91 Å². The summed E-state index contributed by atoms with van der Waals surface area (Å²) in [4.78, 5) is 19.9. The van der Waals surface area contributed by atoms with Crippen LogP contribution in [0.4, 0.5) is 0 Å². The van der Waals surface area contributed by atoms with Crippen LogP contribution in [-0.4, -0.2) is 50.9 Å². The largest absolute Gasteiger partial charge is 0.478 e. The highest BCUT2D eigenvalue weighted by molar-refractivity contribution is 5.85. The monoisotopic (exact) mass is 434 g/mol. The zero-order chi connectivity index (χ0) is 22.9. The molecule has 168 valence electrons. The van der Waals surface area contributed by atoms with Gasteiger partial charge in [0.1, 0.15) is 11.9 Å². The second-order valence-corrected chi connectivity index (χ2v) is 8.86. The Bertz CT molecular complexity index is 1120. The summed E-state index contributed by atoms with van der Waals surface area (Å²) >= 11 is 0. The molecule has 0 spiro atoms. The van der Waals surface area contributed by atoms with Crippen molar-refractivity contribution in [3.8, 4) is 16.9 Å². The van der Waals surface area contributed by atoms with E-state index in [9.17, 15) is 4.79 Å². The first-order chi connectivity index (χ1) is 15.2. The molecule has 1 aromatic carbocycles. The third-order valence-electron chi connectivity index (χ3n) is 5.57. The zero-order valence-corrected chi connectivity index (χ0v) is 19.3. The third-order valence-corrected chi connectivity index (χ3v) is 5.57. The van der Waals surface area contributed by atoms with Crippen molar-refractivity contribution in [2.75, 3.05) is 19.7 Å². The Balaban J connectivity index is 1.52. The lowest BCUT2D eigenvalue weighted by Crippen LogP contribution is -2.53. The summed E-state index contributed by atoms with van der Waals surface area (Å²) in [6.45, 7) is 9.01. The maximum absolute atomic E-state index is 13.4. The van der Waals surface area contributed by atoms with E-state index in [1.54, 1.807) is 4.68 Å². The van der Waals surface area contributed by atoms with Gasteiger partial charge in [-0.25, -0.2) is 0 Å². The summed E-state index contributed by atoms with van der Waals surface area (Å²) in [6.07, 6.45) is 3.51. The van der Waals surface area contributed by atoms with E-state index in [1.807, 2.05) is 88.4 Å². The van der Waals surface area contributed by atoms with Crippen LogP contribution in [0.15, 0.2) is 48.8 Å². The molecule has 7 nitrogen and oxygen atoms in total. The first-order valence-electron chi connectivity index (χ1n) is 10.9. The van der Waals surface area contributed by atoms with Crippen LogP contribution in [-0.2, 0) is 16.6 Å². The molecular formula is C25H30N4O3. The number of hydrogen-bond acceptors (Lipinski definition) is 5. The normalized spacial score (nSPS) is 16.8. The van der Waals surface area contributed by atoms with E-state index in [-0.39, 0.29) is 12.0 Å². The van der Waals surface area contributed by atoms with Gasteiger partial charge in [-0.3, -0.25) is 14.5 Å². The van der Waals surface area contributed by atoms with Crippen molar-refractivity contribution < 1.29 is 14.3 Å². The molecule has 0 N–H and O–H groups in total. The molecular weight excluding hydrogens is 404 g/mol. The number of aromatic nitrogens is 3. The molecule has 0 aliphatic carbocycles. The Morgan fingerprint density at radius 1 is 1.19 bits per heavy atom. The minimum Gasteiger partial charge on any atom is -0.478 e. The first-order valence-corrected chi connectivity index (χ1v) is 10.9. The average molecular weight is 435 g/mol. The summed E-state index contributed by atoms with van der Waals surface area (Å²) in [5.41, 5.74) is 3.88. The van der Waals surface area contributed by atoms with Gasteiger partial charge in [-0.15, -0.1) is 0 Å². The van der Waals surface area contributed by atoms with Crippen molar-refractivity contribution in [1.29, 1.82) is 0 Å². The van der Waals surface area contributed by atoms with Crippen LogP contribution in [0.1, 0.15) is 36.9 Å². The van der Waals surface area contributed by atoms with Crippen LogP contribution in [0.25, 0.3) is 11.1 Å². The van der Waals surface area contributed by atoms with Crippen LogP contribution >= 0.6 is 0 Å². The van der Waals surface area contributed by atoms with Crippen LogP contribution in [0.2, 0.25) is 0 Å². The number of morpholine rings is 1. The number of aryl methyl sites for hydroxylation is 3. The number of rotatable bonds is 5. The summed E-state index contributed by atoms with van der Waals surface area (Å²) in [5, 5.41) is 4.27. The van der Waals surface area contributed by atoms with Crippen LogP contribution in [0.3, 0.4) is 0 Å². The fraction of sp³-hybridized carbons (Fsp3) is 0.400. The Kier molecular flexibility index (Phi) is 6.02. The average Bonchev–Trinajstić information content (AvgIpc) is 3.19. The molecule has 3 aromatic rings. The number of nitrogens with zero attached hydrogens (tertiary/aromatic N) is 4. The molecule has 32 heavy (non-hydrogen) atoms. The maximum atomic E-state index is 13.4. The fourth-order valence-electron chi connectivity index (χ4n) is 4.01. The van der Waals surface area contributed by atoms with Gasteiger partial charge in [0, 0.05) is 31.0 Å². The predicted octanol–water partition coefficient (Wildman–Crippen LogP) is 3.86. The molecule has 1 amide bonds. The van der Waals surface area contributed by atoms with Crippen molar-refractivity contribution in [3.63, 3.8) is 0 Å². The smallest absolute Gasteiger partial charge is 0.266 e. The maximum Gasteiger partial charge on any atom is 0.266 e. The summed E-state index contributed by atoms with van der Waals surface area (Å²) in [6, 6.07) is 11.8. The number of pyridine rings is 1. The quantitative estimate of drug-likeness (QED) is 0.610. The molecule has 1 saturated heterocycles. The van der Waals surface area contributed by atoms with Gasteiger partial charge in [0.25, 0.3) is 5.91 Å². The van der Waals surface area contributed by atoms with E-state index in [2.05, 4.69) is 5.10 Å². The molecule has 1 atom stereocenters. The number of amides is 1. The van der Waals surface area contributed by atoms with Crippen molar-refractivity contribution in [2.24, 2.45) is 7.05 Å². The van der Waals surface area contributed by atoms with Crippen LogP contribution < -0.4 is 4.74 Å². The molecule has 0 saturated carbocycles. The highest BCUT2D eigenvalue weighted by atomic mass is 16.5. The van der Waals surface area contributed by atoms with E-state index in [0.29, 0.717) is 25.4 Å². The minimum atomic E-state index is -0.989. The van der Waals surface area contributed by atoms with Gasteiger partial charge in [-0.2, -0.15) is 5.10 Å². The molecule has 1 aliphatic rings. The van der Waals surface area contributed by atoms with Crippen molar-refractivity contribution in [1.82, 2.24) is 19.7 Å². The van der Waals surface area contributed by atoms with Crippen LogP contribution in [0, 0.1) is 13.8 Å². The lowest BCUT2D eigenvalue weighted by Gasteiger charge is -2.37. The van der Waals surface area contributed by atoms with Gasteiger partial charge in [0.15, 0.2) is 5.60 Å². The first kappa shape index (κ1) is 22.0. The molecule has 0 radical (unpaired) electrons. The van der Waals surface area contributed by atoms with E-state index in [4.69, 9.17) is 14.5 Å². The predicted molar refractivity (Wildman–Crippen MR) is 122 cm³/mol. The molecule has 2 aromatic heterocycles. The van der Waals surface area contributed by atoms with E-state index in [1.165, 1.54) is 0 Å². The molecule has 0 bridgehead atoms. The Morgan fingerprint density at radius 2 is 2.00 bits per heavy atom. The lowest BCUT2D eigenvalue weighted by atomic mass is 10.0. The van der Waals surface area contributed by atoms with E-state index in [0.717, 1.165) is 28.1 Å². The number of benzene rings is 1. The van der Waals surface area contributed by atoms with Gasteiger partial charge in [-0.1, -0.05) is 12.1 Å². The SMILES string of the molecule is Cc1cccc(OC(C)(C)C(=O)N2CCO[C@@H](c3cc(-c4cnn(C)c4)cc(C)n3)C2)c1. The van der Waals surface area contributed by atoms with E-state index < -0.39 is 5.60 Å². The van der Waals surface area contributed by atoms with Gasteiger partial charge in [-0.05, 0) is 63.1 Å². The Morgan fingerprint density at radius 3 is 2.72 bits per heavy atom. The summed E-state index contributed by atoms with van der Waals surface area (Å²) in [7, 11) is 1.90. The van der Waals surface area contributed by atoms with E-state index >= 15 is 0 Å².